The van der Waals surface area contributed by atoms with Crippen molar-refractivity contribution < 1.29 is 9.50 Å². The lowest BCUT2D eigenvalue weighted by molar-refractivity contribution is 0.276. The first-order valence-corrected chi connectivity index (χ1v) is 9.10. The Morgan fingerprint density at radius 2 is 2.07 bits per heavy atom. The monoisotopic (exact) mass is 379 g/mol. The molecule has 3 N–H and O–H groups in total. The summed E-state index contributed by atoms with van der Waals surface area (Å²) in [5, 5.41) is 20.3. The molecule has 0 amide bonds. The highest BCUT2D eigenvalue weighted by Gasteiger charge is 2.26. The third-order valence-electron chi connectivity index (χ3n) is 4.90. The number of fused-ring (bicyclic) bond motifs is 1. The summed E-state index contributed by atoms with van der Waals surface area (Å²) in [6, 6.07) is 7.51. The van der Waals surface area contributed by atoms with E-state index in [9.17, 15) is 9.50 Å². The Balaban J connectivity index is 1.45. The number of nitrogens with zero attached hydrogens (tertiary/aromatic N) is 5. The van der Waals surface area contributed by atoms with Crippen molar-refractivity contribution in [3.05, 3.63) is 59.9 Å². The number of aromatic amines is 1. The number of hydrogen-bond donors (Lipinski definition) is 3. The number of halogens is 1. The van der Waals surface area contributed by atoms with E-state index in [0.29, 0.717) is 23.0 Å². The smallest absolute Gasteiger partial charge is 0.225 e. The highest BCUT2D eigenvalue weighted by molar-refractivity contribution is 5.73. The normalized spacial score (nSPS) is 15.1. The summed E-state index contributed by atoms with van der Waals surface area (Å²) < 4.78 is 15.0. The van der Waals surface area contributed by atoms with Crippen molar-refractivity contribution >= 4 is 17.1 Å². The van der Waals surface area contributed by atoms with Gasteiger partial charge in [-0.1, -0.05) is 12.1 Å². The molecule has 0 radical (unpaired) electrons. The minimum atomic E-state index is -0.457. The molecule has 4 aromatic rings. The molecular formula is C19H18FN7O. The van der Waals surface area contributed by atoms with Crippen LogP contribution in [0, 0.1) is 5.82 Å². The van der Waals surface area contributed by atoms with Crippen molar-refractivity contribution in [1.29, 1.82) is 0 Å². The quantitative estimate of drug-likeness (QED) is 0.476. The number of rotatable bonds is 6. The number of nitrogens with one attached hydrogen (secondary N) is 2. The maximum atomic E-state index is 13.2. The number of benzene rings is 1. The highest BCUT2D eigenvalue weighted by Crippen LogP contribution is 2.39. The predicted molar refractivity (Wildman–Crippen MR) is 101 cm³/mol. The largest absolute Gasteiger partial charge is 0.394 e. The molecular weight excluding hydrogens is 361 g/mol. The summed E-state index contributed by atoms with van der Waals surface area (Å²) in [6.07, 6.45) is 5.66. The molecule has 1 saturated carbocycles. The Hall–Kier alpha value is -3.33. The number of aliphatic hydroxyl groups is 1. The molecule has 28 heavy (non-hydrogen) atoms. The number of aromatic nitrogens is 6. The van der Waals surface area contributed by atoms with Crippen LogP contribution in [0.15, 0.2) is 42.9 Å². The van der Waals surface area contributed by atoms with Gasteiger partial charge in [0.15, 0.2) is 11.5 Å². The van der Waals surface area contributed by atoms with Crippen LogP contribution in [0.4, 0.5) is 10.3 Å². The van der Waals surface area contributed by atoms with Gasteiger partial charge in [-0.05, 0) is 30.5 Å². The maximum Gasteiger partial charge on any atom is 0.225 e. The molecule has 0 aliphatic heterocycles. The molecule has 1 fully saturated rings. The predicted octanol–water partition coefficient (Wildman–Crippen LogP) is 2.70. The van der Waals surface area contributed by atoms with E-state index < -0.39 is 6.04 Å². The standard InChI is InChI=1S/C19H18FN7O/c20-13-5-3-12(4-6-13)16(9-28)23-19-21-8-15-18(24-19)27(10-22-15)17-7-14(25-26-17)11-1-2-11/h3-8,10-11,16,28H,1-2,9H2,(H,25,26)(H,21,23,24). The van der Waals surface area contributed by atoms with Gasteiger partial charge < -0.3 is 10.4 Å². The second kappa shape index (κ2) is 6.68. The molecule has 1 aromatic carbocycles. The summed E-state index contributed by atoms with van der Waals surface area (Å²) in [5.74, 6) is 1.32. The van der Waals surface area contributed by atoms with E-state index in [4.69, 9.17) is 0 Å². The summed E-state index contributed by atoms with van der Waals surface area (Å²) in [7, 11) is 0. The minimum absolute atomic E-state index is 0.184. The molecule has 0 bridgehead atoms. The molecule has 0 spiro atoms. The molecule has 3 aromatic heterocycles. The molecule has 1 atom stereocenters. The van der Waals surface area contributed by atoms with Crippen molar-refractivity contribution in [3.63, 3.8) is 0 Å². The van der Waals surface area contributed by atoms with E-state index in [1.807, 2.05) is 6.07 Å². The first-order valence-electron chi connectivity index (χ1n) is 9.10. The fourth-order valence-electron chi connectivity index (χ4n) is 3.18. The molecule has 1 aliphatic rings. The van der Waals surface area contributed by atoms with E-state index in [2.05, 4.69) is 30.5 Å². The fourth-order valence-corrected chi connectivity index (χ4v) is 3.18. The topological polar surface area (TPSA) is 105 Å². The van der Waals surface area contributed by atoms with Gasteiger partial charge in [0.2, 0.25) is 5.95 Å². The summed E-state index contributed by atoms with van der Waals surface area (Å²) >= 11 is 0. The molecule has 0 saturated heterocycles. The zero-order valence-electron chi connectivity index (χ0n) is 14.9. The fraction of sp³-hybridized carbons (Fsp3) is 0.263. The van der Waals surface area contributed by atoms with E-state index in [-0.39, 0.29) is 12.4 Å². The molecule has 5 rings (SSSR count). The lowest BCUT2D eigenvalue weighted by atomic mass is 10.1. The molecule has 3 heterocycles. The van der Waals surface area contributed by atoms with Gasteiger partial charge in [-0.15, -0.1) is 0 Å². The second-order valence-corrected chi connectivity index (χ2v) is 6.90. The van der Waals surface area contributed by atoms with Crippen LogP contribution in [0.25, 0.3) is 17.0 Å². The van der Waals surface area contributed by atoms with Gasteiger partial charge >= 0.3 is 0 Å². The Morgan fingerprint density at radius 1 is 1.25 bits per heavy atom. The Kier molecular flexibility index (Phi) is 4.01. The zero-order chi connectivity index (χ0) is 19.1. The number of hydrogen-bond acceptors (Lipinski definition) is 6. The number of anilines is 1. The van der Waals surface area contributed by atoms with Gasteiger partial charge in [0, 0.05) is 17.7 Å². The molecule has 1 aliphatic carbocycles. The minimum Gasteiger partial charge on any atom is -0.394 e. The van der Waals surface area contributed by atoms with Crippen LogP contribution in [0.1, 0.15) is 36.1 Å². The van der Waals surface area contributed by atoms with Crippen LogP contribution in [0.3, 0.4) is 0 Å². The first-order chi connectivity index (χ1) is 13.7. The Morgan fingerprint density at radius 3 is 2.82 bits per heavy atom. The highest BCUT2D eigenvalue weighted by atomic mass is 19.1. The van der Waals surface area contributed by atoms with Gasteiger partial charge in [0.1, 0.15) is 17.7 Å². The van der Waals surface area contributed by atoms with Crippen molar-refractivity contribution in [2.45, 2.75) is 24.8 Å². The maximum absolute atomic E-state index is 13.2. The summed E-state index contributed by atoms with van der Waals surface area (Å²) in [6.45, 7) is -0.184. The first kappa shape index (κ1) is 16.8. The van der Waals surface area contributed by atoms with Gasteiger partial charge in [-0.3, -0.25) is 9.67 Å². The average molecular weight is 379 g/mol. The van der Waals surface area contributed by atoms with Crippen LogP contribution >= 0.6 is 0 Å². The lowest BCUT2D eigenvalue weighted by Crippen LogP contribution is -2.16. The Bertz CT molecular complexity index is 1120. The van der Waals surface area contributed by atoms with Crippen LogP contribution < -0.4 is 5.32 Å². The van der Waals surface area contributed by atoms with Crippen LogP contribution in [0.2, 0.25) is 0 Å². The summed E-state index contributed by atoms with van der Waals surface area (Å²) in [5.41, 5.74) is 3.12. The van der Waals surface area contributed by atoms with Crippen molar-refractivity contribution in [2.24, 2.45) is 0 Å². The van der Waals surface area contributed by atoms with E-state index in [0.717, 1.165) is 17.1 Å². The van der Waals surface area contributed by atoms with Crippen molar-refractivity contribution in [1.82, 2.24) is 29.7 Å². The van der Waals surface area contributed by atoms with Crippen LogP contribution in [0.5, 0.6) is 0 Å². The zero-order valence-corrected chi connectivity index (χ0v) is 14.9. The number of aliphatic hydroxyl groups excluding tert-OH is 1. The third-order valence-corrected chi connectivity index (χ3v) is 4.90. The van der Waals surface area contributed by atoms with E-state index in [1.165, 1.54) is 25.0 Å². The summed E-state index contributed by atoms with van der Waals surface area (Å²) in [4.78, 5) is 13.2. The van der Waals surface area contributed by atoms with Crippen LogP contribution in [-0.4, -0.2) is 41.4 Å². The van der Waals surface area contributed by atoms with E-state index >= 15 is 0 Å². The average Bonchev–Trinajstić information content (AvgIpc) is 3.30. The van der Waals surface area contributed by atoms with Crippen molar-refractivity contribution in [2.75, 3.05) is 11.9 Å². The molecule has 8 nitrogen and oxygen atoms in total. The third kappa shape index (κ3) is 3.09. The van der Waals surface area contributed by atoms with Gasteiger partial charge in [-0.2, -0.15) is 10.1 Å². The van der Waals surface area contributed by atoms with Crippen molar-refractivity contribution in [3.8, 4) is 5.82 Å². The number of H-pyrrole nitrogens is 1. The Labute approximate surface area is 159 Å². The second-order valence-electron chi connectivity index (χ2n) is 6.90. The van der Waals surface area contributed by atoms with Gasteiger partial charge in [0.05, 0.1) is 18.8 Å². The molecule has 142 valence electrons. The van der Waals surface area contributed by atoms with Gasteiger partial charge in [-0.25, -0.2) is 14.4 Å². The van der Waals surface area contributed by atoms with Crippen LogP contribution in [-0.2, 0) is 0 Å². The number of imidazole rings is 1. The van der Waals surface area contributed by atoms with E-state index in [1.54, 1.807) is 29.2 Å². The molecule has 1 unspecified atom stereocenters. The van der Waals surface area contributed by atoms with Gasteiger partial charge in [0.25, 0.3) is 0 Å². The SMILES string of the molecule is OCC(Nc1ncc2ncn(-c3cc(C4CC4)[nH]n3)c2n1)c1ccc(F)cc1. The lowest BCUT2D eigenvalue weighted by Gasteiger charge is -2.16. The molecule has 9 heteroatoms.